The Bertz CT molecular complexity index is 2150. The van der Waals surface area contributed by atoms with Crippen molar-refractivity contribution in [3.05, 3.63) is 116 Å². The molecule has 3 aromatic carbocycles. The highest BCUT2D eigenvalue weighted by atomic mass is 14.6. The van der Waals surface area contributed by atoms with Gasteiger partial charge in [0.05, 0.1) is 0 Å². The lowest BCUT2D eigenvalue weighted by molar-refractivity contribution is 0.400. The first-order valence-corrected chi connectivity index (χ1v) is 27.9. The van der Waals surface area contributed by atoms with Crippen molar-refractivity contribution in [1.82, 2.24) is 0 Å². The summed E-state index contributed by atoms with van der Waals surface area (Å²) in [5.74, 6) is 0. The predicted molar refractivity (Wildman–Crippen MR) is 303 cm³/mol. The van der Waals surface area contributed by atoms with Gasteiger partial charge in [-0.1, -0.05) is 233 Å². The molecule has 0 bridgehead atoms. The van der Waals surface area contributed by atoms with Crippen LogP contribution in [0.25, 0.3) is 27.8 Å². The van der Waals surface area contributed by atoms with Gasteiger partial charge in [0.1, 0.15) is 0 Å². The Balaban J connectivity index is 1.91. The van der Waals surface area contributed by atoms with Crippen LogP contribution in [0.15, 0.2) is 77.4 Å². The zero-order valence-electron chi connectivity index (χ0n) is 46.4. The summed E-state index contributed by atoms with van der Waals surface area (Å²) >= 11 is 0. The molecule has 0 unspecified atom stereocenters. The van der Waals surface area contributed by atoms with Crippen LogP contribution in [0.3, 0.4) is 0 Å². The summed E-state index contributed by atoms with van der Waals surface area (Å²) in [6.07, 6.45) is 32.4. The third kappa shape index (κ3) is 14.7. The molecule has 1 aliphatic carbocycles. The molecule has 0 atom stereocenters. The summed E-state index contributed by atoms with van der Waals surface area (Å²) in [4.78, 5) is 0. The number of allylic oxidation sites excluding steroid dienone is 8. The highest BCUT2D eigenvalue weighted by Gasteiger charge is 2.43. The van der Waals surface area contributed by atoms with Crippen molar-refractivity contribution >= 4 is 22.4 Å². The van der Waals surface area contributed by atoms with Gasteiger partial charge < -0.3 is 5.73 Å². The van der Waals surface area contributed by atoms with Gasteiger partial charge in [0.2, 0.25) is 0 Å². The van der Waals surface area contributed by atoms with Crippen molar-refractivity contribution in [2.45, 2.75) is 256 Å². The van der Waals surface area contributed by atoms with Gasteiger partial charge in [0.25, 0.3) is 0 Å². The first kappa shape index (κ1) is 56.0. The van der Waals surface area contributed by atoms with Crippen molar-refractivity contribution in [2.75, 3.05) is 5.73 Å². The zero-order valence-corrected chi connectivity index (χ0v) is 46.4. The van der Waals surface area contributed by atoms with Crippen molar-refractivity contribution in [3.8, 4) is 11.1 Å². The molecule has 370 valence electrons. The number of nitrogens with two attached hydrogens (primary N) is 1. The topological polar surface area (TPSA) is 26.0 Å². The van der Waals surface area contributed by atoms with Gasteiger partial charge >= 0.3 is 0 Å². The summed E-state index contributed by atoms with van der Waals surface area (Å²) in [5.41, 5.74) is 29.9. The average molecular weight is 909 g/mol. The van der Waals surface area contributed by atoms with Crippen LogP contribution in [0.5, 0.6) is 0 Å². The van der Waals surface area contributed by atoms with Crippen LogP contribution in [0.1, 0.15) is 277 Å². The molecule has 2 N–H and O–H groups in total. The maximum Gasteiger partial charge on any atom is 0.0426 e. The molecule has 0 saturated carbocycles. The van der Waals surface area contributed by atoms with Crippen molar-refractivity contribution < 1.29 is 0 Å². The van der Waals surface area contributed by atoms with Crippen LogP contribution in [-0.4, -0.2) is 0 Å². The van der Waals surface area contributed by atoms with Gasteiger partial charge in [0, 0.05) is 16.7 Å². The van der Waals surface area contributed by atoms with E-state index in [2.05, 4.69) is 165 Å². The summed E-state index contributed by atoms with van der Waals surface area (Å²) in [6, 6.07) is 19.9. The Hall–Kier alpha value is -3.58. The van der Waals surface area contributed by atoms with E-state index in [4.69, 9.17) is 5.73 Å². The van der Waals surface area contributed by atoms with Gasteiger partial charge in [-0.05, 0) is 162 Å². The van der Waals surface area contributed by atoms with E-state index >= 15 is 0 Å². The number of hydrogen-bond donors (Lipinski definition) is 1. The molecule has 0 aliphatic heterocycles. The molecule has 0 radical (unpaired) electrons. The minimum absolute atomic E-state index is 0.0472. The van der Waals surface area contributed by atoms with Crippen LogP contribution >= 0.6 is 0 Å². The third-order valence-corrected chi connectivity index (χ3v) is 15.8. The fourth-order valence-electron chi connectivity index (χ4n) is 11.0. The van der Waals surface area contributed by atoms with Crippen LogP contribution in [0.4, 0.5) is 5.69 Å². The van der Waals surface area contributed by atoms with Crippen LogP contribution in [0, 0.1) is 12.3 Å². The van der Waals surface area contributed by atoms with E-state index in [0.29, 0.717) is 0 Å². The summed E-state index contributed by atoms with van der Waals surface area (Å²) in [5, 5.41) is 0. The van der Waals surface area contributed by atoms with Crippen LogP contribution in [-0.2, 0) is 10.8 Å². The van der Waals surface area contributed by atoms with Crippen molar-refractivity contribution in [1.29, 1.82) is 0 Å². The van der Waals surface area contributed by atoms with Crippen LogP contribution < -0.4 is 5.73 Å². The standard InChI is InChI=1S/C66H101N/c1-16-21-25-29-34-52(45-55(33-20-5)58-41-40-57(50(8)63(58)67)48(6)44-54(35-30-26-22-17-2)51(9)64(10,11)12)49(7)53-36-38-59-60-39-37-56(65(13,14)15)47-62(60)66(61(59)46-53,42-31-27-23-18-3)43-32-28-24-19-4/h36-41,44-47H,16-35,42-43,67H2,1-15H3/b48-44+,52-49+,54-51+,55-45+. The fourth-order valence-corrected chi connectivity index (χ4v) is 11.0. The molecule has 4 rings (SSSR count). The molecule has 1 heteroatoms. The smallest absolute Gasteiger partial charge is 0.0426 e. The highest BCUT2D eigenvalue weighted by molar-refractivity contribution is 5.87. The SMILES string of the molecule is CCCCCCC(/C=C(\CCC)c1ccc(/C(C)=C/C(CCCCCC)=C(\C)C(C)(C)C)c(C)c1N)=C(/C)c1ccc2c(c1)C(CCCCCC)(CCCCCC)c1cc(C(C)(C)C)ccc1-2. The number of benzene rings is 3. The van der Waals surface area contributed by atoms with Crippen molar-refractivity contribution in [2.24, 2.45) is 5.41 Å². The van der Waals surface area contributed by atoms with Crippen LogP contribution in [0.2, 0.25) is 0 Å². The number of anilines is 1. The van der Waals surface area contributed by atoms with E-state index in [9.17, 15) is 0 Å². The van der Waals surface area contributed by atoms with E-state index in [-0.39, 0.29) is 16.2 Å². The molecule has 1 aliphatic rings. The summed E-state index contributed by atoms with van der Waals surface area (Å²) in [6.45, 7) is 35.2. The first-order chi connectivity index (χ1) is 31.9. The summed E-state index contributed by atoms with van der Waals surface area (Å²) < 4.78 is 0. The monoisotopic (exact) mass is 908 g/mol. The molecule has 0 saturated heterocycles. The second-order valence-corrected chi connectivity index (χ2v) is 23.1. The minimum Gasteiger partial charge on any atom is -0.398 e. The zero-order chi connectivity index (χ0) is 49.4. The molecular weight excluding hydrogens is 807 g/mol. The van der Waals surface area contributed by atoms with E-state index in [0.717, 1.165) is 31.4 Å². The van der Waals surface area contributed by atoms with E-state index in [1.54, 1.807) is 11.1 Å². The quantitative estimate of drug-likeness (QED) is 0.0460. The largest absolute Gasteiger partial charge is 0.398 e. The predicted octanol–water partition coefficient (Wildman–Crippen LogP) is 21.4. The number of nitrogen functional groups attached to an aromatic ring is 1. The minimum atomic E-state index is 0.0472. The Morgan fingerprint density at radius 1 is 0.537 bits per heavy atom. The average Bonchev–Trinajstić information content (AvgIpc) is 3.56. The Morgan fingerprint density at radius 3 is 1.57 bits per heavy atom. The molecule has 0 spiro atoms. The fraction of sp³-hybridized carbons (Fsp3) is 0.606. The van der Waals surface area contributed by atoms with Gasteiger partial charge in [-0.3, -0.25) is 0 Å². The molecular formula is C66H101N. The Morgan fingerprint density at radius 2 is 1.04 bits per heavy atom. The molecule has 3 aromatic rings. The van der Waals surface area contributed by atoms with E-state index in [1.165, 1.54) is 188 Å². The highest BCUT2D eigenvalue weighted by Crippen LogP contribution is 2.56. The summed E-state index contributed by atoms with van der Waals surface area (Å²) in [7, 11) is 0. The molecule has 67 heavy (non-hydrogen) atoms. The Labute approximate surface area is 415 Å². The number of unbranched alkanes of at least 4 members (excludes halogenated alkanes) is 12. The molecule has 0 heterocycles. The number of rotatable bonds is 27. The number of fused-ring (bicyclic) bond motifs is 3. The Kier molecular flexibility index (Phi) is 22.1. The molecule has 0 aromatic heterocycles. The lowest BCUT2D eigenvalue weighted by atomic mass is 9.69. The number of hydrogen-bond acceptors (Lipinski definition) is 1. The first-order valence-electron chi connectivity index (χ1n) is 27.9. The van der Waals surface area contributed by atoms with E-state index < -0.39 is 0 Å². The maximum atomic E-state index is 7.32. The van der Waals surface area contributed by atoms with Gasteiger partial charge in [-0.25, -0.2) is 0 Å². The third-order valence-electron chi connectivity index (χ3n) is 15.8. The maximum absolute atomic E-state index is 7.32. The molecule has 0 fully saturated rings. The molecule has 0 amide bonds. The van der Waals surface area contributed by atoms with Gasteiger partial charge in [0.15, 0.2) is 0 Å². The van der Waals surface area contributed by atoms with Gasteiger partial charge in [-0.2, -0.15) is 0 Å². The van der Waals surface area contributed by atoms with E-state index in [1.807, 2.05) is 0 Å². The normalized spacial score (nSPS) is 14.9. The molecule has 1 nitrogen and oxygen atoms in total. The second-order valence-electron chi connectivity index (χ2n) is 23.1. The lowest BCUT2D eigenvalue weighted by Gasteiger charge is -2.34. The van der Waals surface area contributed by atoms with Crippen molar-refractivity contribution in [3.63, 3.8) is 0 Å². The van der Waals surface area contributed by atoms with Gasteiger partial charge in [-0.15, -0.1) is 0 Å². The lowest BCUT2D eigenvalue weighted by Crippen LogP contribution is -2.26. The second kappa shape index (κ2) is 26.4.